The molecule has 1 heterocycles. The zero-order valence-electron chi connectivity index (χ0n) is 13.4. The van der Waals surface area contributed by atoms with Crippen molar-refractivity contribution in [1.82, 2.24) is 9.55 Å². The zero-order chi connectivity index (χ0) is 16.2. The molecule has 5 heteroatoms. The van der Waals surface area contributed by atoms with E-state index in [-0.39, 0.29) is 0 Å². The third-order valence-corrected chi connectivity index (χ3v) is 4.02. The molecule has 0 N–H and O–H groups in total. The minimum atomic E-state index is 0.489. The topological polar surface area (TPSA) is 66.6 Å². The third-order valence-electron chi connectivity index (χ3n) is 4.02. The van der Waals surface area contributed by atoms with E-state index in [1.54, 1.807) is 0 Å². The molecule has 0 unspecified atom stereocenters. The van der Waals surface area contributed by atoms with E-state index in [1.165, 1.54) is 16.6 Å². The summed E-state index contributed by atoms with van der Waals surface area (Å²) in [7, 11) is 0. The average molecular weight is 305 g/mol. The maximum Gasteiger partial charge on any atom is 0.114 e. The molecule has 0 radical (unpaired) electrons. The number of aromatic nitrogens is 2. The van der Waals surface area contributed by atoms with Gasteiger partial charge in [-0.15, -0.1) is 0 Å². The highest BCUT2D eigenvalue weighted by Gasteiger charge is 2.12. The molecule has 0 fully saturated rings. The van der Waals surface area contributed by atoms with E-state index in [2.05, 4.69) is 64.8 Å². The molecule has 0 saturated heterocycles. The van der Waals surface area contributed by atoms with Crippen LogP contribution in [0.4, 0.5) is 0 Å². The van der Waals surface area contributed by atoms with Gasteiger partial charge in [0.15, 0.2) is 0 Å². The Morgan fingerprint density at radius 2 is 1.96 bits per heavy atom. The maximum absolute atomic E-state index is 8.35. The highest BCUT2D eigenvalue weighted by molar-refractivity contribution is 5.81. The molecule has 0 saturated carbocycles. The van der Waals surface area contributed by atoms with Gasteiger partial charge in [0.2, 0.25) is 0 Å². The highest BCUT2D eigenvalue weighted by Crippen LogP contribution is 2.25. The SMILES string of the molecule is CCc1nc2cccc(C)c2n1-c1ccc(CCN=[N+]=[N-])cc1. The van der Waals surface area contributed by atoms with Gasteiger partial charge in [0, 0.05) is 23.6 Å². The minimum Gasteiger partial charge on any atom is -0.296 e. The Balaban J connectivity index is 2.04. The number of hydrogen-bond donors (Lipinski definition) is 0. The Bertz CT molecular complexity index is 870. The van der Waals surface area contributed by atoms with Gasteiger partial charge in [-0.1, -0.05) is 36.3 Å². The molecule has 3 rings (SSSR count). The Labute approximate surface area is 135 Å². The van der Waals surface area contributed by atoms with Crippen LogP contribution in [0, 0.1) is 6.92 Å². The van der Waals surface area contributed by atoms with Crippen LogP contribution in [0.2, 0.25) is 0 Å². The second-order valence-corrected chi connectivity index (χ2v) is 5.53. The van der Waals surface area contributed by atoms with Crippen LogP contribution in [0.25, 0.3) is 27.2 Å². The summed E-state index contributed by atoms with van der Waals surface area (Å²) in [5.41, 5.74) is 14.1. The molecule has 23 heavy (non-hydrogen) atoms. The standard InChI is InChI=1S/C18H19N5/c1-3-17-21-16-6-4-5-13(2)18(16)23(17)15-9-7-14(8-10-15)11-12-20-22-19/h4-10H,3,11-12H2,1-2H3. The number of benzene rings is 2. The zero-order valence-corrected chi connectivity index (χ0v) is 13.4. The quantitative estimate of drug-likeness (QED) is 0.381. The predicted molar refractivity (Wildman–Crippen MR) is 92.9 cm³/mol. The largest absolute Gasteiger partial charge is 0.296 e. The summed E-state index contributed by atoms with van der Waals surface area (Å²) in [5, 5.41) is 3.58. The maximum atomic E-state index is 8.35. The average Bonchev–Trinajstić information content (AvgIpc) is 2.96. The lowest BCUT2D eigenvalue weighted by Gasteiger charge is -2.10. The molecule has 0 amide bonds. The fourth-order valence-corrected chi connectivity index (χ4v) is 2.89. The van der Waals surface area contributed by atoms with Crippen LogP contribution < -0.4 is 0 Å². The van der Waals surface area contributed by atoms with E-state index in [4.69, 9.17) is 10.5 Å². The lowest BCUT2D eigenvalue weighted by Crippen LogP contribution is -2.01. The van der Waals surface area contributed by atoms with Gasteiger partial charge in [-0.05, 0) is 48.2 Å². The van der Waals surface area contributed by atoms with Crippen molar-refractivity contribution in [2.24, 2.45) is 5.11 Å². The van der Waals surface area contributed by atoms with Gasteiger partial charge >= 0.3 is 0 Å². The van der Waals surface area contributed by atoms with Crippen LogP contribution in [0.5, 0.6) is 0 Å². The van der Waals surface area contributed by atoms with Crippen LogP contribution in [-0.4, -0.2) is 16.1 Å². The van der Waals surface area contributed by atoms with Crippen molar-refractivity contribution in [2.75, 3.05) is 6.54 Å². The van der Waals surface area contributed by atoms with Crippen molar-refractivity contribution >= 4 is 11.0 Å². The van der Waals surface area contributed by atoms with Crippen LogP contribution in [-0.2, 0) is 12.8 Å². The van der Waals surface area contributed by atoms with Crippen molar-refractivity contribution < 1.29 is 0 Å². The molecule has 2 aromatic carbocycles. The van der Waals surface area contributed by atoms with E-state index in [1.807, 2.05) is 6.07 Å². The summed E-state index contributed by atoms with van der Waals surface area (Å²) in [6.45, 7) is 4.73. The summed E-state index contributed by atoms with van der Waals surface area (Å²) in [4.78, 5) is 7.55. The Hall–Kier alpha value is -2.78. The number of aryl methyl sites for hydroxylation is 2. The Morgan fingerprint density at radius 1 is 1.17 bits per heavy atom. The van der Waals surface area contributed by atoms with E-state index in [0.717, 1.165) is 29.9 Å². The van der Waals surface area contributed by atoms with E-state index < -0.39 is 0 Å². The summed E-state index contributed by atoms with van der Waals surface area (Å²) in [6, 6.07) is 14.6. The summed E-state index contributed by atoms with van der Waals surface area (Å²) < 4.78 is 2.24. The number of imidazole rings is 1. The van der Waals surface area contributed by atoms with Crippen LogP contribution in [0.1, 0.15) is 23.9 Å². The third kappa shape index (κ3) is 2.91. The first kappa shape index (κ1) is 15.1. The van der Waals surface area contributed by atoms with Gasteiger partial charge in [0.25, 0.3) is 0 Å². The van der Waals surface area contributed by atoms with Gasteiger partial charge in [-0.3, -0.25) is 4.57 Å². The molecule has 5 nitrogen and oxygen atoms in total. The van der Waals surface area contributed by atoms with E-state index in [9.17, 15) is 0 Å². The molecule has 0 aliphatic carbocycles. The second-order valence-electron chi connectivity index (χ2n) is 5.53. The minimum absolute atomic E-state index is 0.489. The first-order chi connectivity index (χ1) is 11.2. The van der Waals surface area contributed by atoms with Gasteiger partial charge in [0.05, 0.1) is 11.0 Å². The Morgan fingerprint density at radius 3 is 2.65 bits per heavy atom. The first-order valence-electron chi connectivity index (χ1n) is 7.81. The summed E-state index contributed by atoms with van der Waals surface area (Å²) in [6.07, 6.45) is 1.64. The molecular formula is C18H19N5. The van der Waals surface area contributed by atoms with Gasteiger partial charge in [-0.25, -0.2) is 4.98 Å². The number of azide groups is 1. The molecule has 0 aliphatic rings. The molecule has 3 aromatic rings. The molecule has 1 aromatic heterocycles. The monoisotopic (exact) mass is 305 g/mol. The molecule has 0 aliphatic heterocycles. The van der Waals surface area contributed by atoms with Crippen LogP contribution >= 0.6 is 0 Å². The molecule has 0 bridgehead atoms. The summed E-state index contributed by atoms with van der Waals surface area (Å²) in [5.74, 6) is 1.07. The molecule has 116 valence electrons. The number of rotatable bonds is 5. The van der Waals surface area contributed by atoms with Gasteiger partial charge < -0.3 is 0 Å². The fourth-order valence-electron chi connectivity index (χ4n) is 2.89. The van der Waals surface area contributed by atoms with Crippen molar-refractivity contribution in [3.63, 3.8) is 0 Å². The number of para-hydroxylation sites is 1. The van der Waals surface area contributed by atoms with Crippen molar-refractivity contribution in [1.29, 1.82) is 0 Å². The summed E-state index contributed by atoms with van der Waals surface area (Å²) >= 11 is 0. The van der Waals surface area contributed by atoms with Crippen LogP contribution in [0.3, 0.4) is 0 Å². The smallest absolute Gasteiger partial charge is 0.114 e. The number of hydrogen-bond acceptors (Lipinski definition) is 2. The highest BCUT2D eigenvalue weighted by atomic mass is 15.1. The lowest BCUT2D eigenvalue weighted by atomic mass is 10.1. The first-order valence-corrected chi connectivity index (χ1v) is 7.81. The molecule has 0 spiro atoms. The number of fused-ring (bicyclic) bond motifs is 1. The van der Waals surface area contributed by atoms with Crippen molar-refractivity contribution in [3.05, 3.63) is 69.9 Å². The molecular weight excluding hydrogens is 286 g/mol. The second kappa shape index (κ2) is 6.55. The Kier molecular flexibility index (Phi) is 4.31. The van der Waals surface area contributed by atoms with Crippen molar-refractivity contribution in [3.8, 4) is 5.69 Å². The van der Waals surface area contributed by atoms with Gasteiger partial charge in [-0.2, -0.15) is 0 Å². The normalized spacial score (nSPS) is 10.7. The number of nitrogens with zero attached hydrogens (tertiary/aromatic N) is 5. The van der Waals surface area contributed by atoms with E-state index >= 15 is 0 Å². The predicted octanol–water partition coefficient (Wildman–Crippen LogP) is 4.75. The lowest BCUT2D eigenvalue weighted by molar-refractivity contribution is 0.903. The van der Waals surface area contributed by atoms with Crippen molar-refractivity contribution in [2.45, 2.75) is 26.7 Å². The van der Waals surface area contributed by atoms with Crippen LogP contribution in [0.15, 0.2) is 47.6 Å². The van der Waals surface area contributed by atoms with E-state index in [0.29, 0.717) is 6.54 Å². The molecule has 0 atom stereocenters. The fraction of sp³-hybridized carbons (Fsp3) is 0.278. The van der Waals surface area contributed by atoms with Gasteiger partial charge in [0.1, 0.15) is 5.82 Å².